The van der Waals surface area contributed by atoms with Crippen molar-refractivity contribution in [3.05, 3.63) is 56.6 Å². The summed E-state index contributed by atoms with van der Waals surface area (Å²) >= 11 is 10.0. The monoisotopic (exact) mass is 374 g/mol. The number of aryl methyl sites for hydroxylation is 1. The molecular formula is C14H12ClIS. The maximum absolute atomic E-state index is 5.88. The van der Waals surface area contributed by atoms with Crippen molar-refractivity contribution in [1.82, 2.24) is 0 Å². The Morgan fingerprint density at radius 2 is 1.82 bits per heavy atom. The molecule has 0 aromatic heterocycles. The Hall–Kier alpha value is -0.190. The molecule has 2 aromatic carbocycles. The van der Waals surface area contributed by atoms with Crippen LogP contribution in [-0.2, 0) is 6.42 Å². The molecule has 88 valence electrons. The summed E-state index contributed by atoms with van der Waals surface area (Å²) < 4.78 is 1.29. The van der Waals surface area contributed by atoms with E-state index in [1.54, 1.807) is 11.8 Å². The van der Waals surface area contributed by atoms with Gasteiger partial charge in [0.2, 0.25) is 0 Å². The van der Waals surface area contributed by atoms with E-state index in [-0.39, 0.29) is 0 Å². The van der Waals surface area contributed by atoms with E-state index in [0.29, 0.717) is 0 Å². The van der Waals surface area contributed by atoms with E-state index in [1.165, 1.54) is 18.9 Å². The SMILES string of the molecule is CCc1cc(I)ccc1Sc1ccc(Cl)cc1. The Morgan fingerprint density at radius 1 is 1.12 bits per heavy atom. The maximum Gasteiger partial charge on any atom is 0.0406 e. The predicted molar refractivity (Wildman–Crippen MR) is 84.1 cm³/mol. The van der Waals surface area contributed by atoms with Crippen LogP contribution in [0.15, 0.2) is 52.3 Å². The van der Waals surface area contributed by atoms with Gasteiger partial charge in [0.1, 0.15) is 0 Å². The molecule has 0 atom stereocenters. The van der Waals surface area contributed by atoms with Crippen LogP contribution in [-0.4, -0.2) is 0 Å². The third kappa shape index (κ3) is 3.63. The molecule has 17 heavy (non-hydrogen) atoms. The summed E-state index contributed by atoms with van der Waals surface area (Å²) in [4.78, 5) is 2.56. The number of hydrogen-bond acceptors (Lipinski definition) is 1. The van der Waals surface area contributed by atoms with Crippen LogP contribution in [0.2, 0.25) is 5.02 Å². The summed E-state index contributed by atoms with van der Waals surface area (Å²) in [5, 5.41) is 0.785. The lowest BCUT2D eigenvalue weighted by Gasteiger charge is -2.08. The zero-order chi connectivity index (χ0) is 12.3. The predicted octanol–water partition coefficient (Wildman–Crippen LogP) is 5.66. The molecule has 0 nitrogen and oxygen atoms in total. The number of rotatable bonds is 3. The molecule has 0 unspecified atom stereocenters. The lowest BCUT2D eigenvalue weighted by Crippen LogP contribution is -1.86. The lowest BCUT2D eigenvalue weighted by atomic mass is 10.2. The second-order valence-electron chi connectivity index (χ2n) is 3.66. The molecular weight excluding hydrogens is 363 g/mol. The Kier molecular flexibility index (Phi) is 4.77. The Morgan fingerprint density at radius 3 is 2.47 bits per heavy atom. The van der Waals surface area contributed by atoms with Crippen molar-refractivity contribution >= 4 is 46.0 Å². The van der Waals surface area contributed by atoms with Crippen LogP contribution < -0.4 is 0 Å². The first-order valence-electron chi connectivity index (χ1n) is 5.41. The van der Waals surface area contributed by atoms with E-state index < -0.39 is 0 Å². The molecule has 0 saturated carbocycles. The molecule has 0 radical (unpaired) electrons. The van der Waals surface area contributed by atoms with Gasteiger partial charge in [0.25, 0.3) is 0 Å². The zero-order valence-electron chi connectivity index (χ0n) is 9.41. The van der Waals surface area contributed by atoms with Crippen molar-refractivity contribution in [2.45, 2.75) is 23.1 Å². The van der Waals surface area contributed by atoms with Gasteiger partial charge in [0.05, 0.1) is 0 Å². The van der Waals surface area contributed by atoms with Gasteiger partial charge in [0, 0.05) is 18.4 Å². The molecule has 3 heteroatoms. The minimum atomic E-state index is 0.785. The third-order valence-electron chi connectivity index (χ3n) is 2.44. The van der Waals surface area contributed by atoms with E-state index >= 15 is 0 Å². The standard InChI is InChI=1S/C14H12ClIS/c1-2-10-9-12(16)5-8-14(10)17-13-6-3-11(15)4-7-13/h3-9H,2H2,1H3. The van der Waals surface area contributed by atoms with Gasteiger partial charge in [-0.05, 0) is 77.0 Å². The molecule has 0 bridgehead atoms. The summed E-state index contributed by atoms with van der Waals surface area (Å²) in [6, 6.07) is 14.6. The van der Waals surface area contributed by atoms with Gasteiger partial charge in [-0.2, -0.15) is 0 Å². The molecule has 0 spiro atoms. The summed E-state index contributed by atoms with van der Waals surface area (Å²) in [6.45, 7) is 2.19. The third-order valence-corrected chi connectivity index (χ3v) is 4.49. The van der Waals surface area contributed by atoms with Gasteiger partial charge in [-0.3, -0.25) is 0 Å². The first-order valence-corrected chi connectivity index (χ1v) is 7.68. The van der Waals surface area contributed by atoms with E-state index in [9.17, 15) is 0 Å². The van der Waals surface area contributed by atoms with Gasteiger partial charge in [-0.1, -0.05) is 30.3 Å². The highest BCUT2D eigenvalue weighted by atomic mass is 127. The van der Waals surface area contributed by atoms with Gasteiger partial charge in [-0.15, -0.1) is 0 Å². The van der Waals surface area contributed by atoms with Crippen molar-refractivity contribution in [3.63, 3.8) is 0 Å². The quantitative estimate of drug-likeness (QED) is 0.625. The fourth-order valence-electron chi connectivity index (χ4n) is 1.55. The molecule has 0 amide bonds. The normalized spacial score (nSPS) is 10.5. The van der Waals surface area contributed by atoms with Crippen LogP contribution in [0.3, 0.4) is 0 Å². The topological polar surface area (TPSA) is 0 Å². The molecule has 0 heterocycles. The molecule has 2 aromatic rings. The first kappa shape index (κ1) is 13.2. The second-order valence-corrected chi connectivity index (χ2v) is 6.46. The van der Waals surface area contributed by atoms with Gasteiger partial charge >= 0.3 is 0 Å². The lowest BCUT2D eigenvalue weighted by molar-refractivity contribution is 1.08. The summed E-state index contributed by atoms with van der Waals surface area (Å²) in [5.74, 6) is 0. The fraction of sp³-hybridized carbons (Fsp3) is 0.143. The van der Waals surface area contributed by atoms with Crippen molar-refractivity contribution < 1.29 is 0 Å². The Balaban J connectivity index is 2.26. The number of hydrogen-bond donors (Lipinski definition) is 0. The Labute approximate surface area is 125 Å². The molecule has 0 N–H and O–H groups in total. The summed E-state index contributed by atoms with van der Waals surface area (Å²) in [5.41, 5.74) is 1.40. The van der Waals surface area contributed by atoms with Crippen LogP contribution in [0.5, 0.6) is 0 Å². The average Bonchev–Trinajstić information content (AvgIpc) is 2.34. The van der Waals surface area contributed by atoms with Crippen LogP contribution in [0.4, 0.5) is 0 Å². The fourth-order valence-corrected chi connectivity index (χ4v) is 3.23. The summed E-state index contributed by atoms with van der Waals surface area (Å²) in [6.07, 6.45) is 1.06. The zero-order valence-corrected chi connectivity index (χ0v) is 13.1. The van der Waals surface area contributed by atoms with Crippen LogP contribution >= 0.6 is 46.0 Å². The smallest absolute Gasteiger partial charge is 0.0406 e. The van der Waals surface area contributed by atoms with E-state index in [2.05, 4.69) is 59.8 Å². The van der Waals surface area contributed by atoms with Crippen molar-refractivity contribution in [2.75, 3.05) is 0 Å². The number of benzene rings is 2. The summed E-state index contributed by atoms with van der Waals surface area (Å²) in [7, 11) is 0. The van der Waals surface area contributed by atoms with Crippen LogP contribution in [0, 0.1) is 3.57 Å². The van der Waals surface area contributed by atoms with Gasteiger partial charge < -0.3 is 0 Å². The average molecular weight is 375 g/mol. The van der Waals surface area contributed by atoms with E-state index in [4.69, 9.17) is 11.6 Å². The highest BCUT2D eigenvalue weighted by Gasteiger charge is 2.03. The molecule has 0 aliphatic carbocycles. The minimum absolute atomic E-state index is 0.785. The van der Waals surface area contributed by atoms with Crippen LogP contribution in [0.1, 0.15) is 12.5 Å². The highest BCUT2D eigenvalue weighted by Crippen LogP contribution is 2.32. The Bertz CT molecular complexity index is 508. The first-order chi connectivity index (χ1) is 8.19. The molecule has 0 fully saturated rings. The molecule has 0 saturated heterocycles. The minimum Gasteiger partial charge on any atom is -0.0898 e. The van der Waals surface area contributed by atoms with E-state index in [1.807, 2.05) is 12.1 Å². The molecule has 0 aliphatic heterocycles. The van der Waals surface area contributed by atoms with Gasteiger partial charge in [0.15, 0.2) is 0 Å². The van der Waals surface area contributed by atoms with Crippen molar-refractivity contribution in [1.29, 1.82) is 0 Å². The van der Waals surface area contributed by atoms with Crippen LogP contribution in [0.25, 0.3) is 0 Å². The highest BCUT2D eigenvalue weighted by molar-refractivity contribution is 14.1. The van der Waals surface area contributed by atoms with Gasteiger partial charge in [-0.25, -0.2) is 0 Å². The largest absolute Gasteiger partial charge is 0.0898 e. The molecule has 2 rings (SSSR count). The number of halogens is 2. The second kappa shape index (κ2) is 6.12. The molecule has 0 aliphatic rings. The van der Waals surface area contributed by atoms with Crippen molar-refractivity contribution in [2.24, 2.45) is 0 Å². The maximum atomic E-state index is 5.88. The van der Waals surface area contributed by atoms with Crippen molar-refractivity contribution in [3.8, 4) is 0 Å². The van der Waals surface area contributed by atoms with E-state index in [0.717, 1.165) is 11.4 Å².